The number of aliphatic carboxylic acids is 1. The SMILES string of the molecule is C#CCOc1cc(F)ccc1NC(=O)CCCCC(=O)O. The highest BCUT2D eigenvalue weighted by atomic mass is 19.1. The lowest BCUT2D eigenvalue weighted by molar-refractivity contribution is -0.137. The van der Waals surface area contributed by atoms with E-state index < -0.39 is 11.8 Å². The third-order valence-corrected chi connectivity index (χ3v) is 2.57. The normalized spacial score (nSPS) is 9.71. The number of benzene rings is 1. The summed E-state index contributed by atoms with van der Waals surface area (Å²) in [5.41, 5.74) is 0.329. The first-order valence-corrected chi connectivity index (χ1v) is 6.40. The second kappa shape index (κ2) is 8.59. The minimum Gasteiger partial charge on any atom is -0.481 e. The molecule has 0 bridgehead atoms. The fraction of sp³-hybridized carbons (Fsp3) is 0.333. The molecule has 0 radical (unpaired) electrons. The van der Waals surface area contributed by atoms with E-state index in [1.807, 2.05) is 0 Å². The van der Waals surface area contributed by atoms with Gasteiger partial charge in [0.15, 0.2) is 0 Å². The van der Waals surface area contributed by atoms with Crippen molar-refractivity contribution in [3.8, 4) is 18.1 Å². The lowest BCUT2D eigenvalue weighted by Crippen LogP contribution is -2.12. The summed E-state index contributed by atoms with van der Waals surface area (Å²) in [7, 11) is 0. The number of rotatable bonds is 8. The number of carbonyl (C=O) groups is 2. The Morgan fingerprint density at radius 3 is 2.71 bits per heavy atom. The van der Waals surface area contributed by atoms with Crippen molar-refractivity contribution in [1.82, 2.24) is 0 Å². The van der Waals surface area contributed by atoms with Crippen LogP contribution in [0.15, 0.2) is 18.2 Å². The summed E-state index contributed by atoms with van der Waals surface area (Å²) >= 11 is 0. The minimum atomic E-state index is -0.890. The van der Waals surface area contributed by atoms with Gasteiger partial charge in [0.2, 0.25) is 5.91 Å². The summed E-state index contributed by atoms with van der Waals surface area (Å²) in [6, 6.07) is 3.72. The zero-order chi connectivity index (χ0) is 15.7. The number of carbonyl (C=O) groups excluding carboxylic acids is 1. The van der Waals surface area contributed by atoms with Gasteiger partial charge in [-0.05, 0) is 25.0 Å². The Kier molecular flexibility index (Phi) is 6.75. The number of carboxylic acids is 1. The average Bonchev–Trinajstić information content (AvgIpc) is 2.43. The van der Waals surface area contributed by atoms with Crippen molar-refractivity contribution in [3.63, 3.8) is 0 Å². The number of amides is 1. The van der Waals surface area contributed by atoms with Crippen molar-refractivity contribution >= 4 is 17.6 Å². The van der Waals surface area contributed by atoms with Gasteiger partial charge < -0.3 is 15.2 Å². The molecule has 0 aliphatic carbocycles. The molecule has 0 aliphatic rings. The van der Waals surface area contributed by atoms with Crippen LogP contribution in [0.25, 0.3) is 0 Å². The average molecular weight is 293 g/mol. The number of carboxylic acid groups (broad SMARTS) is 1. The second-order valence-corrected chi connectivity index (χ2v) is 4.28. The van der Waals surface area contributed by atoms with E-state index in [2.05, 4.69) is 11.2 Å². The molecule has 5 nitrogen and oxygen atoms in total. The van der Waals surface area contributed by atoms with Gasteiger partial charge in [0.1, 0.15) is 18.2 Å². The van der Waals surface area contributed by atoms with Gasteiger partial charge in [-0.2, -0.15) is 0 Å². The predicted molar refractivity (Wildman–Crippen MR) is 75.5 cm³/mol. The number of terminal acetylenes is 1. The van der Waals surface area contributed by atoms with E-state index in [4.69, 9.17) is 16.3 Å². The molecule has 2 N–H and O–H groups in total. The fourth-order valence-corrected chi connectivity index (χ4v) is 1.61. The molecule has 1 aromatic carbocycles. The highest BCUT2D eigenvalue weighted by Gasteiger charge is 2.09. The van der Waals surface area contributed by atoms with Crippen molar-refractivity contribution in [2.24, 2.45) is 0 Å². The number of nitrogens with one attached hydrogen (secondary N) is 1. The van der Waals surface area contributed by atoms with Crippen LogP contribution in [-0.4, -0.2) is 23.6 Å². The van der Waals surface area contributed by atoms with E-state index in [0.29, 0.717) is 18.5 Å². The Labute approximate surface area is 122 Å². The first-order valence-electron chi connectivity index (χ1n) is 6.40. The van der Waals surface area contributed by atoms with E-state index in [-0.39, 0.29) is 31.1 Å². The van der Waals surface area contributed by atoms with Gasteiger partial charge in [-0.1, -0.05) is 5.92 Å². The van der Waals surface area contributed by atoms with Crippen LogP contribution in [0.1, 0.15) is 25.7 Å². The van der Waals surface area contributed by atoms with Crippen LogP contribution < -0.4 is 10.1 Å². The van der Waals surface area contributed by atoms with Crippen LogP contribution in [0.2, 0.25) is 0 Å². The third-order valence-electron chi connectivity index (χ3n) is 2.57. The van der Waals surface area contributed by atoms with E-state index in [1.165, 1.54) is 12.1 Å². The standard InChI is InChI=1S/C15H16FNO4/c1-2-9-21-13-10-11(16)7-8-12(13)17-14(18)5-3-4-6-15(19)20/h1,7-8,10H,3-6,9H2,(H,17,18)(H,19,20). The van der Waals surface area contributed by atoms with E-state index in [9.17, 15) is 14.0 Å². The maximum atomic E-state index is 13.1. The maximum absolute atomic E-state index is 13.1. The molecule has 0 aromatic heterocycles. The number of unbranched alkanes of at least 4 members (excludes halogenated alkanes) is 1. The first-order chi connectivity index (χ1) is 10.0. The molecule has 1 amide bonds. The summed E-state index contributed by atoms with van der Waals surface area (Å²) in [4.78, 5) is 22.1. The molecule has 0 fully saturated rings. The Morgan fingerprint density at radius 1 is 1.33 bits per heavy atom. The lowest BCUT2D eigenvalue weighted by Gasteiger charge is -2.11. The van der Waals surface area contributed by atoms with Crippen LogP contribution >= 0.6 is 0 Å². The molecule has 0 aliphatic heterocycles. The van der Waals surface area contributed by atoms with Gasteiger partial charge in [0.05, 0.1) is 5.69 Å². The van der Waals surface area contributed by atoms with Gasteiger partial charge in [-0.15, -0.1) is 6.42 Å². The second-order valence-electron chi connectivity index (χ2n) is 4.28. The molecule has 0 saturated carbocycles. The Hall–Kier alpha value is -2.55. The Bertz CT molecular complexity index is 551. The monoisotopic (exact) mass is 293 g/mol. The van der Waals surface area contributed by atoms with Crippen molar-refractivity contribution < 1.29 is 23.8 Å². The number of anilines is 1. The maximum Gasteiger partial charge on any atom is 0.303 e. The number of halogens is 1. The highest BCUT2D eigenvalue weighted by molar-refractivity contribution is 5.92. The van der Waals surface area contributed by atoms with Gasteiger partial charge >= 0.3 is 5.97 Å². The third kappa shape index (κ3) is 6.43. The molecule has 1 rings (SSSR count). The lowest BCUT2D eigenvalue weighted by atomic mass is 10.2. The number of hydrogen-bond donors (Lipinski definition) is 2. The fourth-order valence-electron chi connectivity index (χ4n) is 1.61. The van der Waals surface area contributed by atoms with E-state index in [0.717, 1.165) is 6.07 Å². The van der Waals surface area contributed by atoms with Crippen molar-refractivity contribution in [1.29, 1.82) is 0 Å². The van der Waals surface area contributed by atoms with E-state index >= 15 is 0 Å². The zero-order valence-corrected chi connectivity index (χ0v) is 11.4. The van der Waals surface area contributed by atoms with Crippen LogP contribution in [0, 0.1) is 18.2 Å². The van der Waals surface area contributed by atoms with Crippen LogP contribution in [0.4, 0.5) is 10.1 Å². The summed E-state index contributed by atoms with van der Waals surface area (Å²) in [5, 5.41) is 11.1. The van der Waals surface area contributed by atoms with Crippen LogP contribution in [0.3, 0.4) is 0 Å². The zero-order valence-electron chi connectivity index (χ0n) is 11.4. The van der Waals surface area contributed by atoms with E-state index in [1.54, 1.807) is 0 Å². The molecule has 21 heavy (non-hydrogen) atoms. The molecule has 0 unspecified atom stereocenters. The first kappa shape index (κ1) is 16.5. The predicted octanol–water partition coefficient (Wildman–Crippen LogP) is 2.42. The smallest absolute Gasteiger partial charge is 0.303 e. The van der Waals surface area contributed by atoms with Crippen molar-refractivity contribution in [3.05, 3.63) is 24.0 Å². The van der Waals surface area contributed by atoms with Gasteiger partial charge in [-0.3, -0.25) is 9.59 Å². The van der Waals surface area contributed by atoms with Gasteiger partial charge in [0.25, 0.3) is 0 Å². The largest absolute Gasteiger partial charge is 0.481 e. The minimum absolute atomic E-state index is 0.0281. The summed E-state index contributed by atoms with van der Waals surface area (Å²) in [6.45, 7) is -0.0368. The molecule has 6 heteroatoms. The van der Waals surface area contributed by atoms with Gasteiger partial charge in [-0.25, -0.2) is 4.39 Å². The topological polar surface area (TPSA) is 75.6 Å². The van der Waals surface area contributed by atoms with Crippen LogP contribution in [-0.2, 0) is 9.59 Å². The molecule has 0 atom stereocenters. The number of ether oxygens (including phenoxy) is 1. The molecule has 112 valence electrons. The molecule has 1 aromatic rings. The van der Waals surface area contributed by atoms with Crippen molar-refractivity contribution in [2.75, 3.05) is 11.9 Å². The number of hydrogen-bond acceptors (Lipinski definition) is 3. The quantitative estimate of drug-likeness (QED) is 0.570. The molecule has 0 heterocycles. The summed E-state index contributed by atoms with van der Waals surface area (Å²) in [6.07, 6.45) is 6.16. The molecule has 0 saturated heterocycles. The van der Waals surface area contributed by atoms with Crippen molar-refractivity contribution in [2.45, 2.75) is 25.7 Å². The highest BCUT2D eigenvalue weighted by Crippen LogP contribution is 2.25. The molecular weight excluding hydrogens is 277 g/mol. The van der Waals surface area contributed by atoms with Gasteiger partial charge in [0, 0.05) is 18.9 Å². The molecular formula is C15H16FNO4. The van der Waals surface area contributed by atoms with Crippen LogP contribution in [0.5, 0.6) is 5.75 Å². The Morgan fingerprint density at radius 2 is 2.05 bits per heavy atom. The Balaban J connectivity index is 2.55. The molecule has 0 spiro atoms. The summed E-state index contributed by atoms with van der Waals surface area (Å²) in [5.74, 6) is 0.732. The summed E-state index contributed by atoms with van der Waals surface area (Å²) < 4.78 is 18.3.